The lowest BCUT2D eigenvalue weighted by molar-refractivity contribution is -0.132. The molecule has 124 valence electrons. The van der Waals surface area contributed by atoms with Crippen molar-refractivity contribution >= 4 is 5.91 Å². The highest BCUT2D eigenvalue weighted by Gasteiger charge is 2.14. The summed E-state index contributed by atoms with van der Waals surface area (Å²) in [5.74, 6) is 0.315. The Morgan fingerprint density at radius 1 is 1.26 bits per heavy atom. The van der Waals surface area contributed by atoms with Gasteiger partial charge in [0.25, 0.3) is 0 Å². The Kier molecular flexibility index (Phi) is 6.29. The van der Waals surface area contributed by atoms with Gasteiger partial charge in [0.15, 0.2) is 0 Å². The number of hydrogen-bond donors (Lipinski definition) is 1. The van der Waals surface area contributed by atoms with Gasteiger partial charge in [0.2, 0.25) is 5.91 Å². The van der Waals surface area contributed by atoms with Crippen LogP contribution in [0.1, 0.15) is 31.9 Å². The zero-order chi connectivity index (χ0) is 16.7. The number of aromatic nitrogens is 3. The number of rotatable bonds is 8. The predicted molar refractivity (Wildman–Crippen MR) is 87.7 cm³/mol. The fourth-order valence-corrected chi connectivity index (χ4v) is 2.11. The van der Waals surface area contributed by atoms with Crippen molar-refractivity contribution in [1.82, 2.24) is 20.1 Å². The molecule has 0 saturated heterocycles. The van der Waals surface area contributed by atoms with E-state index in [-0.39, 0.29) is 5.91 Å². The van der Waals surface area contributed by atoms with E-state index in [9.17, 15) is 4.79 Å². The van der Waals surface area contributed by atoms with Gasteiger partial charge >= 0.3 is 0 Å². The van der Waals surface area contributed by atoms with E-state index < -0.39 is 6.10 Å². The summed E-state index contributed by atoms with van der Waals surface area (Å²) < 4.78 is 7.29. The molecule has 0 saturated carbocycles. The van der Waals surface area contributed by atoms with Crippen LogP contribution in [0.4, 0.5) is 0 Å². The third-order valence-electron chi connectivity index (χ3n) is 3.42. The van der Waals surface area contributed by atoms with Gasteiger partial charge in [-0.1, -0.05) is 38.1 Å². The number of carbonyl (C=O) groups excluding carboxylic acids is 1. The molecule has 1 heterocycles. The summed E-state index contributed by atoms with van der Waals surface area (Å²) in [5, 5.41) is 7.05. The highest BCUT2D eigenvalue weighted by molar-refractivity contribution is 5.80. The quantitative estimate of drug-likeness (QED) is 0.809. The maximum Gasteiger partial charge on any atom is 0.249 e. The normalized spacial score (nSPS) is 12.3. The molecule has 0 spiro atoms. The highest BCUT2D eigenvalue weighted by Crippen LogP contribution is 2.10. The fourth-order valence-electron chi connectivity index (χ4n) is 2.11. The maximum absolute atomic E-state index is 12.1. The SMILES string of the molecule is CC(C)CO[C@H](C)C(=O)NCc1ccccc1Cn1cncn1. The van der Waals surface area contributed by atoms with Crippen molar-refractivity contribution in [3.05, 3.63) is 48.0 Å². The molecule has 1 amide bonds. The molecule has 1 N–H and O–H groups in total. The standard InChI is InChI=1S/C17H24N4O2/c1-13(2)10-23-14(3)17(22)19-8-15-6-4-5-7-16(15)9-21-12-18-11-20-21/h4-7,11-14H,8-10H2,1-3H3,(H,19,22)/t14-/m1/s1. The Morgan fingerprint density at radius 2 is 2.00 bits per heavy atom. The van der Waals surface area contributed by atoms with Crippen LogP contribution in [-0.4, -0.2) is 33.4 Å². The first-order valence-corrected chi connectivity index (χ1v) is 7.84. The van der Waals surface area contributed by atoms with E-state index in [2.05, 4.69) is 29.2 Å². The lowest BCUT2D eigenvalue weighted by Gasteiger charge is -2.16. The predicted octanol–water partition coefficient (Wildman–Crippen LogP) is 2.00. The van der Waals surface area contributed by atoms with Gasteiger partial charge in [-0.25, -0.2) is 9.67 Å². The second kappa shape index (κ2) is 8.43. The average molecular weight is 316 g/mol. The van der Waals surface area contributed by atoms with Crippen molar-refractivity contribution in [1.29, 1.82) is 0 Å². The third kappa shape index (κ3) is 5.49. The number of carbonyl (C=O) groups is 1. The number of benzene rings is 1. The Balaban J connectivity index is 1.91. The van der Waals surface area contributed by atoms with Gasteiger partial charge in [-0.15, -0.1) is 0 Å². The Bertz CT molecular complexity index is 611. The topological polar surface area (TPSA) is 69.0 Å². The largest absolute Gasteiger partial charge is 0.368 e. The maximum atomic E-state index is 12.1. The summed E-state index contributed by atoms with van der Waals surface area (Å²) in [6.07, 6.45) is 2.75. The summed E-state index contributed by atoms with van der Waals surface area (Å²) in [7, 11) is 0. The molecule has 0 unspecified atom stereocenters. The molecule has 6 heteroatoms. The molecular formula is C17H24N4O2. The zero-order valence-corrected chi connectivity index (χ0v) is 13.9. The molecule has 23 heavy (non-hydrogen) atoms. The van der Waals surface area contributed by atoms with Crippen LogP contribution in [0.5, 0.6) is 0 Å². The van der Waals surface area contributed by atoms with E-state index in [0.29, 0.717) is 25.6 Å². The number of ether oxygens (including phenoxy) is 1. The van der Waals surface area contributed by atoms with Crippen molar-refractivity contribution in [3.63, 3.8) is 0 Å². The first kappa shape index (κ1) is 17.1. The molecule has 2 aromatic rings. The zero-order valence-electron chi connectivity index (χ0n) is 13.9. The lowest BCUT2D eigenvalue weighted by Crippen LogP contribution is -2.35. The average Bonchev–Trinajstić information content (AvgIpc) is 3.04. The summed E-state index contributed by atoms with van der Waals surface area (Å²) >= 11 is 0. The minimum atomic E-state index is -0.445. The Morgan fingerprint density at radius 3 is 2.65 bits per heavy atom. The van der Waals surface area contributed by atoms with E-state index in [0.717, 1.165) is 11.1 Å². The Hall–Kier alpha value is -2.21. The van der Waals surface area contributed by atoms with Crippen LogP contribution < -0.4 is 5.32 Å². The van der Waals surface area contributed by atoms with Gasteiger partial charge in [0, 0.05) is 13.2 Å². The molecule has 0 aliphatic heterocycles. The first-order valence-electron chi connectivity index (χ1n) is 7.84. The van der Waals surface area contributed by atoms with Crippen molar-refractivity contribution in [3.8, 4) is 0 Å². The van der Waals surface area contributed by atoms with Crippen molar-refractivity contribution in [2.45, 2.75) is 40.0 Å². The molecule has 0 aliphatic carbocycles. The van der Waals surface area contributed by atoms with Crippen LogP contribution in [0, 0.1) is 5.92 Å². The summed E-state index contributed by atoms with van der Waals surface area (Å²) in [5.41, 5.74) is 2.17. The van der Waals surface area contributed by atoms with Crippen LogP contribution in [0.2, 0.25) is 0 Å². The van der Waals surface area contributed by atoms with E-state index in [1.165, 1.54) is 6.33 Å². The molecule has 1 aromatic carbocycles. The lowest BCUT2D eigenvalue weighted by atomic mass is 10.1. The minimum Gasteiger partial charge on any atom is -0.368 e. The molecule has 2 rings (SSSR count). The number of nitrogens with one attached hydrogen (secondary N) is 1. The van der Waals surface area contributed by atoms with Gasteiger partial charge in [-0.05, 0) is 24.0 Å². The van der Waals surface area contributed by atoms with Gasteiger partial charge in [0.1, 0.15) is 18.8 Å². The van der Waals surface area contributed by atoms with Gasteiger partial charge in [-0.3, -0.25) is 4.79 Å². The van der Waals surface area contributed by atoms with Crippen LogP contribution in [0.15, 0.2) is 36.9 Å². The Labute approximate surface area is 136 Å². The van der Waals surface area contributed by atoms with Crippen LogP contribution in [0.25, 0.3) is 0 Å². The second-order valence-corrected chi connectivity index (χ2v) is 5.95. The molecule has 1 atom stereocenters. The highest BCUT2D eigenvalue weighted by atomic mass is 16.5. The van der Waals surface area contributed by atoms with Gasteiger partial charge < -0.3 is 10.1 Å². The van der Waals surface area contributed by atoms with E-state index in [4.69, 9.17) is 4.74 Å². The van der Waals surface area contributed by atoms with E-state index in [1.54, 1.807) is 17.9 Å². The van der Waals surface area contributed by atoms with E-state index >= 15 is 0 Å². The molecule has 0 radical (unpaired) electrons. The molecule has 6 nitrogen and oxygen atoms in total. The first-order chi connectivity index (χ1) is 11.1. The summed E-state index contributed by atoms with van der Waals surface area (Å²) in [4.78, 5) is 16.0. The van der Waals surface area contributed by atoms with Crippen molar-refractivity contribution in [2.75, 3.05) is 6.61 Å². The van der Waals surface area contributed by atoms with Crippen LogP contribution in [-0.2, 0) is 22.6 Å². The van der Waals surface area contributed by atoms with Crippen LogP contribution in [0.3, 0.4) is 0 Å². The van der Waals surface area contributed by atoms with Crippen molar-refractivity contribution in [2.24, 2.45) is 5.92 Å². The monoisotopic (exact) mass is 316 g/mol. The molecule has 0 fully saturated rings. The van der Waals surface area contributed by atoms with Gasteiger partial charge in [0.05, 0.1) is 6.54 Å². The number of amides is 1. The smallest absolute Gasteiger partial charge is 0.249 e. The molecule has 0 aliphatic rings. The summed E-state index contributed by atoms with van der Waals surface area (Å²) in [6.45, 7) is 7.58. The van der Waals surface area contributed by atoms with Gasteiger partial charge in [-0.2, -0.15) is 5.10 Å². The molecule has 1 aromatic heterocycles. The van der Waals surface area contributed by atoms with Crippen LogP contribution >= 0.6 is 0 Å². The molecule has 0 bridgehead atoms. The summed E-state index contributed by atoms with van der Waals surface area (Å²) in [6, 6.07) is 7.98. The van der Waals surface area contributed by atoms with E-state index in [1.807, 2.05) is 24.3 Å². The fraction of sp³-hybridized carbons (Fsp3) is 0.471. The third-order valence-corrected chi connectivity index (χ3v) is 3.42. The second-order valence-electron chi connectivity index (χ2n) is 5.95. The minimum absolute atomic E-state index is 0.0961. The molecular weight excluding hydrogens is 292 g/mol. The van der Waals surface area contributed by atoms with Crippen molar-refractivity contribution < 1.29 is 9.53 Å². The number of nitrogens with zero attached hydrogens (tertiary/aromatic N) is 3. The number of hydrogen-bond acceptors (Lipinski definition) is 4.